The third-order valence-electron chi connectivity index (χ3n) is 6.62. The van der Waals surface area contributed by atoms with Gasteiger partial charge in [0.15, 0.2) is 0 Å². The molecule has 3 aromatic rings. The van der Waals surface area contributed by atoms with Gasteiger partial charge < -0.3 is 4.57 Å². The molecule has 0 bridgehead atoms. The molecule has 0 unspecified atom stereocenters. The standard InChI is InChI=1S/C22H20F6N4O2S/c23-21(24,25)14-9-13-10-18(32(19(13)30-11-14)15-3-1-2-4-15)17-6-5-16(12-29-17)35(33,34)31-20(7-8-20)22(26,27)28/h5-6,9-12,15,31H,1-4,7-8H2. The van der Waals surface area contributed by atoms with Gasteiger partial charge in [-0.15, -0.1) is 0 Å². The Kier molecular flexibility index (Phi) is 5.44. The lowest BCUT2D eigenvalue weighted by atomic mass is 10.2. The minimum atomic E-state index is -4.71. The van der Waals surface area contributed by atoms with Gasteiger partial charge in [-0.3, -0.25) is 4.98 Å². The van der Waals surface area contributed by atoms with Crippen LogP contribution in [0.25, 0.3) is 22.4 Å². The first-order valence-electron chi connectivity index (χ1n) is 11.0. The normalized spacial score (nSPS) is 18.9. The van der Waals surface area contributed by atoms with Gasteiger partial charge in [-0.2, -0.15) is 31.1 Å². The number of aromatic nitrogens is 3. The van der Waals surface area contributed by atoms with Gasteiger partial charge in [0.05, 0.1) is 17.0 Å². The molecule has 0 amide bonds. The van der Waals surface area contributed by atoms with Crippen molar-refractivity contribution in [3.63, 3.8) is 0 Å². The topological polar surface area (TPSA) is 76.9 Å². The van der Waals surface area contributed by atoms with Crippen LogP contribution in [0.5, 0.6) is 0 Å². The van der Waals surface area contributed by atoms with Crippen LogP contribution in [-0.2, 0) is 16.2 Å². The molecule has 2 fully saturated rings. The number of pyridine rings is 2. The van der Waals surface area contributed by atoms with E-state index >= 15 is 0 Å². The fraction of sp³-hybridized carbons (Fsp3) is 0.455. The Hall–Kier alpha value is -2.67. The molecule has 1 N–H and O–H groups in total. The first-order valence-corrected chi connectivity index (χ1v) is 12.4. The van der Waals surface area contributed by atoms with Crippen LogP contribution in [0.4, 0.5) is 26.3 Å². The highest BCUT2D eigenvalue weighted by atomic mass is 32.2. The molecule has 3 heterocycles. The molecule has 3 aromatic heterocycles. The molecule has 35 heavy (non-hydrogen) atoms. The molecule has 2 aliphatic carbocycles. The van der Waals surface area contributed by atoms with E-state index in [2.05, 4.69) is 9.97 Å². The molecule has 2 aliphatic rings. The van der Waals surface area contributed by atoms with Crippen molar-refractivity contribution in [2.45, 2.75) is 67.4 Å². The van der Waals surface area contributed by atoms with Crippen molar-refractivity contribution in [1.29, 1.82) is 0 Å². The number of hydrogen-bond donors (Lipinski definition) is 1. The summed E-state index contributed by atoms with van der Waals surface area (Å²) in [6.07, 6.45) is -4.72. The Morgan fingerprint density at radius 2 is 1.66 bits per heavy atom. The van der Waals surface area contributed by atoms with Crippen LogP contribution in [0.3, 0.4) is 0 Å². The molecule has 0 spiro atoms. The first-order chi connectivity index (χ1) is 16.3. The number of hydrogen-bond acceptors (Lipinski definition) is 4. The van der Waals surface area contributed by atoms with Crippen molar-refractivity contribution in [2.24, 2.45) is 0 Å². The fourth-order valence-corrected chi connectivity index (χ4v) is 5.96. The predicted octanol–water partition coefficient (Wildman–Crippen LogP) is 5.61. The molecule has 2 saturated carbocycles. The minimum Gasteiger partial charge on any atom is -0.321 e. The zero-order valence-corrected chi connectivity index (χ0v) is 18.9. The van der Waals surface area contributed by atoms with Gasteiger partial charge in [-0.25, -0.2) is 13.4 Å². The van der Waals surface area contributed by atoms with E-state index in [-0.39, 0.29) is 30.0 Å². The second-order valence-electron chi connectivity index (χ2n) is 9.04. The number of halogens is 6. The zero-order valence-electron chi connectivity index (χ0n) is 18.1. The summed E-state index contributed by atoms with van der Waals surface area (Å²) in [5.41, 5.74) is -2.24. The van der Waals surface area contributed by atoms with Gasteiger partial charge in [-0.05, 0) is 49.9 Å². The van der Waals surface area contributed by atoms with Gasteiger partial charge in [0, 0.05) is 23.8 Å². The van der Waals surface area contributed by atoms with Crippen molar-refractivity contribution in [3.05, 3.63) is 42.2 Å². The minimum absolute atomic E-state index is 0.0138. The molecule has 0 aliphatic heterocycles. The summed E-state index contributed by atoms with van der Waals surface area (Å²) < 4.78 is 108. The van der Waals surface area contributed by atoms with E-state index in [1.807, 2.05) is 4.57 Å². The lowest BCUT2D eigenvalue weighted by Crippen LogP contribution is -2.47. The molecule has 188 valence electrons. The monoisotopic (exact) mass is 518 g/mol. The van der Waals surface area contributed by atoms with Crippen molar-refractivity contribution in [1.82, 2.24) is 19.3 Å². The average molecular weight is 518 g/mol. The van der Waals surface area contributed by atoms with Crippen molar-refractivity contribution < 1.29 is 34.8 Å². The zero-order chi connectivity index (χ0) is 25.2. The molecular weight excluding hydrogens is 498 g/mol. The van der Waals surface area contributed by atoms with Crippen LogP contribution in [0.2, 0.25) is 0 Å². The van der Waals surface area contributed by atoms with E-state index in [1.54, 1.807) is 4.72 Å². The smallest absolute Gasteiger partial charge is 0.321 e. The van der Waals surface area contributed by atoms with E-state index in [0.717, 1.165) is 50.2 Å². The van der Waals surface area contributed by atoms with Gasteiger partial charge in [0.1, 0.15) is 16.1 Å². The van der Waals surface area contributed by atoms with Gasteiger partial charge in [0.2, 0.25) is 10.0 Å². The molecule has 5 rings (SSSR count). The summed E-state index contributed by atoms with van der Waals surface area (Å²) in [7, 11) is -4.49. The third kappa shape index (κ3) is 4.28. The maximum absolute atomic E-state index is 13.2. The van der Waals surface area contributed by atoms with Crippen molar-refractivity contribution in [3.8, 4) is 11.4 Å². The SMILES string of the molecule is O=S(=O)(NC1(C(F)(F)F)CC1)c1ccc(-c2cc3cc(C(F)(F)F)cnc3n2C2CCCC2)nc1. The second kappa shape index (κ2) is 7.92. The van der Waals surface area contributed by atoms with Crippen LogP contribution in [0, 0.1) is 0 Å². The van der Waals surface area contributed by atoms with Crippen LogP contribution in [-0.4, -0.2) is 34.7 Å². The number of alkyl halides is 6. The molecule has 0 aromatic carbocycles. The maximum atomic E-state index is 13.2. The molecule has 6 nitrogen and oxygen atoms in total. The summed E-state index contributed by atoms with van der Waals surface area (Å²) in [4.78, 5) is 7.79. The molecule has 0 radical (unpaired) electrons. The summed E-state index contributed by atoms with van der Waals surface area (Å²) >= 11 is 0. The number of nitrogens with one attached hydrogen (secondary N) is 1. The summed E-state index contributed by atoms with van der Waals surface area (Å²) in [5.74, 6) is 0. The highest BCUT2D eigenvalue weighted by molar-refractivity contribution is 7.89. The lowest BCUT2D eigenvalue weighted by Gasteiger charge is -2.20. The quantitative estimate of drug-likeness (QED) is 0.446. The van der Waals surface area contributed by atoms with Gasteiger partial charge >= 0.3 is 12.4 Å². The summed E-state index contributed by atoms with van der Waals surface area (Å²) in [6, 6.07) is 4.99. The van der Waals surface area contributed by atoms with E-state index in [4.69, 9.17) is 0 Å². The summed E-state index contributed by atoms with van der Waals surface area (Å²) in [5, 5.41) is 0.266. The summed E-state index contributed by atoms with van der Waals surface area (Å²) in [6.45, 7) is 0. The van der Waals surface area contributed by atoms with Crippen LogP contribution >= 0.6 is 0 Å². The number of nitrogens with zero attached hydrogens (tertiary/aromatic N) is 3. The molecular formula is C22H20F6N4O2S. The van der Waals surface area contributed by atoms with Gasteiger partial charge in [-0.1, -0.05) is 12.8 Å². The maximum Gasteiger partial charge on any atom is 0.417 e. The number of fused-ring (bicyclic) bond motifs is 1. The fourth-order valence-electron chi connectivity index (χ4n) is 4.57. The highest BCUT2D eigenvalue weighted by Crippen LogP contribution is 2.49. The molecule has 0 saturated heterocycles. The first kappa shape index (κ1) is 24.0. The Bertz CT molecular complexity index is 1370. The Balaban J connectivity index is 1.53. The molecule has 13 heteroatoms. The van der Waals surface area contributed by atoms with Crippen LogP contribution in [0.15, 0.2) is 41.6 Å². The van der Waals surface area contributed by atoms with Crippen molar-refractivity contribution >= 4 is 21.1 Å². The van der Waals surface area contributed by atoms with Gasteiger partial charge in [0.25, 0.3) is 0 Å². The number of sulfonamides is 1. The largest absolute Gasteiger partial charge is 0.417 e. The van der Waals surface area contributed by atoms with E-state index in [9.17, 15) is 34.8 Å². The van der Waals surface area contributed by atoms with Crippen LogP contribution < -0.4 is 4.72 Å². The molecule has 0 atom stereocenters. The van der Waals surface area contributed by atoms with E-state index < -0.39 is 38.4 Å². The third-order valence-corrected chi connectivity index (χ3v) is 8.15. The lowest BCUT2D eigenvalue weighted by molar-refractivity contribution is -0.160. The Morgan fingerprint density at radius 3 is 2.20 bits per heavy atom. The van der Waals surface area contributed by atoms with Crippen LogP contribution in [0.1, 0.15) is 50.1 Å². The highest BCUT2D eigenvalue weighted by Gasteiger charge is 2.65. The second-order valence-corrected chi connectivity index (χ2v) is 10.7. The van der Waals surface area contributed by atoms with Crippen molar-refractivity contribution in [2.75, 3.05) is 0 Å². The van der Waals surface area contributed by atoms with E-state index in [1.165, 1.54) is 12.1 Å². The van der Waals surface area contributed by atoms with E-state index in [0.29, 0.717) is 11.3 Å². The predicted molar refractivity (Wildman–Crippen MR) is 114 cm³/mol. The Labute approximate surface area is 196 Å². The Morgan fingerprint density at radius 1 is 0.971 bits per heavy atom. The number of rotatable bonds is 5. The average Bonchev–Trinajstić information content (AvgIpc) is 3.20.